The van der Waals surface area contributed by atoms with Gasteiger partial charge in [0.2, 0.25) is 10.0 Å². The molecule has 2 aromatic carbocycles. The summed E-state index contributed by atoms with van der Waals surface area (Å²) in [5, 5.41) is 8.99. The standard InChI is InChI=1S/C22H21N5O2S/c23-11-18-2-1-3-22(10-18)30(28,29)26-21-8-9-27(15-21)14-17-4-6-19(7-5-17)20-12-24-16-25-13-20/h1-7,10,12-13,16,21,26H,8-9,14-15H2/t21-/m1/s1. The summed E-state index contributed by atoms with van der Waals surface area (Å²) in [6, 6.07) is 16.2. The lowest BCUT2D eigenvalue weighted by Crippen LogP contribution is -2.37. The maximum Gasteiger partial charge on any atom is 0.240 e. The third-order valence-corrected chi connectivity index (χ3v) is 6.64. The van der Waals surface area contributed by atoms with Crippen LogP contribution in [0.3, 0.4) is 0 Å². The first-order valence-corrected chi connectivity index (χ1v) is 11.1. The van der Waals surface area contributed by atoms with E-state index in [0.717, 1.165) is 30.6 Å². The van der Waals surface area contributed by atoms with Gasteiger partial charge in [0.1, 0.15) is 6.33 Å². The number of nitrogens with one attached hydrogen (secondary N) is 1. The van der Waals surface area contributed by atoms with Gasteiger partial charge in [-0.1, -0.05) is 30.3 Å². The van der Waals surface area contributed by atoms with Crippen molar-refractivity contribution < 1.29 is 8.42 Å². The molecular formula is C22H21N5O2S. The Hall–Kier alpha value is -3.12. The molecule has 1 aromatic heterocycles. The summed E-state index contributed by atoms with van der Waals surface area (Å²) in [5.74, 6) is 0. The maximum atomic E-state index is 12.6. The molecule has 1 aliphatic rings. The van der Waals surface area contributed by atoms with Crippen molar-refractivity contribution in [3.05, 3.63) is 78.4 Å². The maximum absolute atomic E-state index is 12.6. The Bertz CT molecular complexity index is 1160. The average molecular weight is 420 g/mol. The van der Waals surface area contributed by atoms with E-state index in [1.807, 2.05) is 18.2 Å². The van der Waals surface area contributed by atoms with Crippen LogP contribution >= 0.6 is 0 Å². The molecule has 0 saturated carbocycles. The molecule has 3 aromatic rings. The van der Waals surface area contributed by atoms with Gasteiger partial charge in [-0.15, -0.1) is 0 Å². The SMILES string of the molecule is N#Cc1cccc(S(=O)(=O)N[C@@H]2CCN(Cc3ccc(-c4cncnc4)cc3)C2)c1. The summed E-state index contributed by atoms with van der Waals surface area (Å²) in [6.45, 7) is 2.22. The van der Waals surface area contributed by atoms with Crippen molar-refractivity contribution in [1.82, 2.24) is 19.6 Å². The highest BCUT2D eigenvalue weighted by Crippen LogP contribution is 2.20. The van der Waals surface area contributed by atoms with Crippen LogP contribution in [0, 0.1) is 11.3 Å². The highest BCUT2D eigenvalue weighted by atomic mass is 32.2. The van der Waals surface area contributed by atoms with Crippen LogP contribution in [0.15, 0.2) is 72.1 Å². The van der Waals surface area contributed by atoms with Gasteiger partial charge in [-0.3, -0.25) is 4.90 Å². The molecule has 1 atom stereocenters. The zero-order valence-corrected chi connectivity index (χ0v) is 17.1. The van der Waals surface area contributed by atoms with Crippen LogP contribution in [0.2, 0.25) is 0 Å². The predicted octanol–water partition coefficient (Wildman–Crippen LogP) is 2.57. The van der Waals surface area contributed by atoms with Gasteiger partial charge in [0.25, 0.3) is 0 Å². The topological polar surface area (TPSA) is 99.0 Å². The van der Waals surface area contributed by atoms with E-state index in [1.54, 1.807) is 24.5 Å². The van der Waals surface area contributed by atoms with E-state index >= 15 is 0 Å². The minimum atomic E-state index is -3.65. The minimum absolute atomic E-state index is 0.125. The second-order valence-electron chi connectivity index (χ2n) is 7.31. The van der Waals surface area contributed by atoms with E-state index in [-0.39, 0.29) is 10.9 Å². The second-order valence-corrected chi connectivity index (χ2v) is 9.02. The molecule has 7 nitrogen and oxygen atoms in total. The monoisotopic (exact) mass is 419 g/mol. The van der Waals surface area contributed by atoms with Crippen molar-refractivity contribution in [3.63, 3.8) is 0 Å². The van der Waals surface area contributed by atoms with Gasteiger partial charge in [-0.05, 0) is 35.7 Å². The lowest BCUT2D eigenvalue weighted by Gasteiger charge is -2.17. The summed E-state index contributed by atoms with van der Waals surface area (Å²) in [6.07, 6.45) is 5.82. The van der Waals surface area contributed by atoms with Crippen LogP contribution < -0.4 is 4.72 Å². The van der Waals surface area contributed by atoms with Crippen LogP contribution in [0.4, 0.5) is 0 Å². The van der Waals surface area contributed by atoms with Gasteiger partial charge in [0, 0.05) is 43.6 Å². The third-order valence-electron chi connectivity index (χ3n) is 5.12. The van der Waals surface area contributed by atoms with E-state index in [4.69, 9.17) is 5.26 Å². The summed E-state index contributed by atoms with van der Waals surface area (Å²) in [7, 11) is -3.65. The van der Waals surface area contributed by atoms with Gasteiger partial charge >= 0.3 is 0 Å². The number of rotatable bonds is 6. The molecule has 1 N–H and O–H groups in total. The molecule has 0 unspecified atom stereocenters. The van der Waals surface area contributed by atoms with Crippen LogP contribution in [-0.4, -0.2) is 42.4 Å². The zero-order chi connectivity index (χ0) is 21.0. The molecule has 1 fully saturated rings. The Morgan fingerprint density at radius 3 is 2.60 bits per heavy atom. The molecule has 0 aliphatic carbocycles. The van der Waals surface area contributed by atoms with Crippen LogP contribution in [-0.2, 0) is 16.6 Å². The molecule has 4 rings (SSSR count). The molecule has 0 bridgehead atoms. The number of nitrogens with zero attached hydrogens (tertiary/aromatic N) is 4. The highest BCUT2D eigenvalue weighted by Gasteiger charge is 2.27. The molecule has 2 heterocycles. The number of likely N-dealkylation sites (tertiary alicyclic amines) is 1. The van der Waals surface area contributed by atoms with Crippen molar-refractivity contribution in [2.45, 2.75) is 23.9 Å². The minimum Gasteiger partial charge on any atom is -0.297 e. The van der Waals surface area contributed by atoms with Crippen molar-refractivity contribution >= 4 is 10.0 Å². The molecule has 0 spiro atoms. The Balaban J connectivity index is 1.36. The Labute approximate surface area is 176 Å². The fourth-order valence-electron chi connectivity index (χ4n) is 3.60. The fourth-order valence-corrected chi connectivity index (χ4v) is 4.91. The average Bonchev–Trinajstić information content (AvgIpc) is 3.21. The third kappa shape index (κ3) is 4.71. The zero-order valence-electron chi connectivity index (χ0n) is 16.3. The first kappa shape index (κ1) is 20.2. The summed E-state index contributed by atoms with van der Waals surface area (Å²) in [4.78, 5) is 10.4. The first-order valence-electron chi connectivity index (χ1n) is 9.63. The summed E-state index contributed by atoms with van der Waals surface area (Å²) >= 11 is 0. The molecule has 1 saturated heterocycles. The normalized spacial score (nSPS) is 17.0. The number of hydrogen-bond donors (Lipinski definition) is 1. The Kier molecular flexibility index (Phi) is 5.86. The molecule has 30 heavy (non-hydrogen) atoms. The van der Waals surface area contributed by atoms with Gasteiger partial charge in [-0.2, -0.15) is 5.26 Å². The van der Waals surface area contributed by atoms with E-state index < -0.39 is 10.0 Å². The van der Waals surface area contributed by atoms with Gasteiger partial charge in [0.05, 0.1) is 16.5 Å². The Morgan fingerprint density at radius 2 is 1.87 bits per heavy atom. The fraction of sp³-hybridized carbons (Fsp3) is 0.227. The molecule has 152 valence electrons. The number of sulfonamides is 1. The van der Waals surface area contributed by atoms with Crippen molar-refractivity contribution in [2.24, 2.45) is 0 Å². The lowest BCUT2D eigenvalue weighted by molar-refractivity contribution is 0.324. The van der Waals surface area contributed by atoms with Crippen LogP contribution in [0.25, 0.3) is 11.1 Å². The van der Waals surface area contributed by atoms with E-state index in [9.17, 15) is 8.42 Å². The van der Waals surface area contributed by atoms with E-state index in [2.05, 4.69) is 31.7 Å². The van der Waals surface area contributed by atoms with Gasteiger partial charge in [-0.25, -0.2) is 23.1 Å². The van der Waals surface area contributed by atoms with Crippen molar-refractivity contribution in [2.75, 3.05) is 13.1 Å². The number of benzene rings is 2. The molecule has 0 radical (unpaired) electrons. The van der Waals surface area contributed by atoms with Crippen LogP contribution in [0.1, 0.15) is 17.5 Å². The van der Waals surface area contributed by atoms with Crippen molar-refractivity contribution in [1.29, 1.82) is 5.26 Å². The van der Waals surface area contributed by atoms with Crippen LogP contribution in [0.5, 0.6) is 0 Å². The van der Waals surface area contributed by atoms with E-state index in [1.165, 1.54) is 24.0 Å². The molecular weight excluding hydrogens is 398 g/mol. The predicted molar refractivity (Wildman–Crippen MR) is 113 cm³/mol. The largest absolute Gasteiger partial charge is 0.297 e. The first-order chi connectivity index (χ1) is 14.5. The summed E-state index contributed by atoms with van der Waals surface area (Å²) < 4.78 is 28.1. The molecule has 1 aliphatic heterocycles. The number of hydrogen-bond acceptors (Lipinski definition) is 6. The second kappa shape index (κ2) is 8.71. The van der Waals surface area contributed by atoms with E-state index in [0.29, 0.717) is 12.1 Å². The number of nitriles is 1. The molecule has 8 heteroatoms. The van der Waals surface area contributed by atoms with Gasteiger partial charge < -0.3 is 0 Å². The lowest BCUT2D eigenvalue weighted by atomic mass is 10.1. The van der Waals surface area contributed by atoms with Gasteiger partial charge in [0.15, 0.2) is 0 Å². The Morgan fingerprint density at radius 1 is 1.10 bits per heavy atom. The smallest absolute Gasteiger partial charge is 0.240 e. The quantitative estimate of drug-likeness (QED) is 0.659. The highest BCUT2D eigenvalue weighted by molar-refractivity contribution is 7.89. The number of aromatic nitrogens is 2. The van der Waals surface area contributed by atoms with Crippen molar-refractivity contribution in [3.8, 4) is 17.2 Å². The molecule has 0 amide bonds. The summed E-state index contributed by atoms with van der Waals surface area (Å²) in [5.41, 5.74) is 3.53.